The predicted octanol–water partition coefficient (Wildman–Crippen LogP) is 7.21. The standard InChI is InChI=1S/C26H19F4NO3/c1-2-11-34-18-7-3-15(4-8-18)19-9-5-16(12-22(19)27)24-14-21(25(32)33)20-13-17(26(28,29)30)6-10-23(20)31-24/h3-10,12-14H,2,11H2,1H3,(H,32,33). The number of nitrogens with zero attached hydrogens (tertiary/aromatic N) is 1. The third-order valence-electron chi connectivity index (χ3n) is 5.27. The van der Waals surface area contributed by atoms with Crippen LogP contribution in [0.1, 0.15) is 29.3 Å². The second-order valence-corrected chi connectivity index (χ2v) is 7.66. The van der Waals surface area contributed by atoms with E-state index in [0.29, 0.717) is 29.0 Å². The van der Waals surface area contributed by atoms with Crippen LogP contribution in [0.5, 0.6) is 5.75 Å². The highest BCUT2D eigenvalue weighted by molar-refractivity contribution is 6.04. The number of aromatic carboxylic acids is 1. The first-order valence-electron chi connectivity index (χ1n) is 10.5. The van der Waals surface area contributed by atoms with Crippen LogP contribution in [0.2, 0.25) is 0 Å². The van der Waals surface area contributed by atoms with Crippen molar-refractivity contribution in [2.75, 3.05) is 6.61 Å². The summed E-state index contributed by atoms with van der Waals surface area (Å²) in [7, 11) is 0. The number of benzene rings is 3. The van der Waals surface area contributed by atoms with Gasteiger partial charge in [0.1, 0.15) is 11.6 Å². The largest absolute Gasteiger partial charge is 0.494 e. The smallest absolute Gasteiger partial charge is 0.416 e. The number of hydrogen-bond acceptors (Lipinski definition) is 3. The van der Waals surface area contributed by atoms with E-state index >= 15 is 0 Å². The molecule has 4 nitrogen and oxygen atoms in total. The molecule has 0 aliphatic rings. The lowest BCUT2D eigenvalue weighted by Crippen LogP contribution is -2.06. The topological polar surface area (TPSA) is 59.4 Å². The van der Waals surface area contributed by atoms with Gasteiger partial charge in [0.15, 0.2) is 0 Å². The number of aromatic nitrogens is 1. The summed E-state index contributed by atoms with van der Waals surface area (Å²) in [5, 5.41) is 9.43. The van der Waals surface area contributed by atoms with E-state index in [0.717, 1.165) is 30.7 Å². The van der Waals surface area contributed by atoms with Gasteiger partial charge in [0, 0.05) is 16.5 Å². The number of alkyl halides is 3. The zero-order valence-electron chi connectivity index (χ0n) is 18.0. The minimum absolute atomic E-state index is 0.0649. The molecule has 0 amide bonds. The van der Waals surface area contributed by atoms with Crippen LogP contribution in [0.25, 0.3) is 33.3 Å². The lowest BCUT2D eigenvalue weighted by Gasteiger charge is -2.12. The van der Waals surface area contributed by atoms with Crippen LogP contribution in [0, 0.1) is 5.82 Å². The van der Waals surface area contributed by atoms with Gasteiger partial charge in [-0.05, 0) is 54.4 Å². The van der Waals surface area contributed by atoms with E-state index in [9.17, 15) is 27.5 Å². The molecule has 0 atom stereocenters. The molecule has 4 aromatic rings. The Kier molecular flexibility index (Phi) is 6.24. The number of pyridine rings is 1. The molecule has 0 saturated heterocycles. The molecule has 0 spiro atoms. The van der Waals surface area contributed by atoms with Gasteiger partial charge in [0.25, 0.3) is 0 Å². The number of hydrogen-bond donors (Lipinski definition) is 1. The van der Waals surface area contributed by atoms with E-state index in [-0.39, 0.29) is 22.2 Å². The monoisotopic (exact) mass is 469 g/mol. The fraction of sp³-hybridized carbons (Fsp3) is 0.154. The predicted molar refractivity (Wildman–Crippen MR) is 120 cm³/mol. The number of rotatable bonds is 6. The quantitative estimate of drug-likeness (QED) is 0.303. The van der Waals surface area contributed by atoms with Gasteiger partial charge < -0.3 is 9.84 Å². The van der Waals surface area contributed by atoms with Crippen LogP contribution in [0.4, 0.5) is 17.6 Å². The first-order valence-corrected chi connectivity index (χ1v) is 10.5. The van der Waals surface area contributed by atoms with Crippen molar-refractivity contribution < 1.29 is 32.2 Å². The highest BCUT2D eigenvalue weighted by atomic mass is 19.4. The highest BCUT2D eigenvalue weighted by Gasteiger charge is 2.31. The van der Waals surface area contributed by atoms with Gasteiger partial charge >= 0.3 is 12.1 Å². The van der Waals surface area contributed by atoms with E-state index < -0.39 is 23.5 Å². The number of ether oxygens (including phenoxy) is 1. The lowest BCUT2D eigenvalue weighted by atomic mass is 9.99. The second-order valence-electron chi connectivity index (χ2n) is 7.66. The molecule has 1 heterocycles. The number of fused-ring (bicyclic) bond motifs is 1. The second kappa shape index (κ2) is 9.13. The maximum Gasteiger partial charge on any atom is 0.416 e. The number of halogens is 4. The normalized spacial score (nSPS) is 11.6. The maximum absolute atomic E-state index is 15.0. The molecule has 1 N–H and O–H groups in total. The molecular formula is C26H19F4NO3. The van der Waals surface area contributed by atoms with Crippen molar-refractivity contribution >= 4 is 16.9 Å². The molecule has 3 aromatic carbocycles. The molecule has 4 rings (SSSR count). The van der Waals surface area contributed by atoms with Crippen LogP contribution in [0.3, 0.4) is 0 Å². The van der Waals surface area contributed by atoms with Crippen molar-refractivity contribution in [2.45, 2.75) is 19.5 Å². The third-order valence-corrected chi connectivity index (χ3v) is 5.27. The SMILES string of the molecule is CCCOc1ccc(-c2ccc(-c3cc(C(=O)O)c4cc(C(F)(F)F)ccc4n3)cc2F)cc1. The van der Waals surface area contributed by atoms with E-state index in [1.54, 1.807) is 36.4 Å². The molecule has 0 fully saturated rings. The van der Waals surface area contributed by atoms with Crippen LogP contribution in [0.15, 0.2) is 66.7 Å². The molecule has 8 heteroatoms. The molecule has 0 unspecified atom stereocenters. The molecule has 174 valence electrons. The van der Waals surface area contributed by atoms with E-state index in [1.165, 1.54) is 6.07 Å². The highest BCUT2D eigenvalue weighted by Crippen LogP contribution is 2.34. The van der Waals surface area contributed by atoms with Crippen molar-refractivity contribution in [1.29, 1.82) is 0 Å². The van der Waals surface area contributed by atoms with Gasteiger partial charge in [-0.15, -0.1) is 0 Å². The molecule has 0 radical (unpaired) electrons. The van der Waals surface area contributed by atoms with Crippen molar-refractivity contribution in [3.63, 3.8) is 0 Å². The van der Waals surface area contributed by atoms with E-state index in [2.05, 4.69) is 4.98 Å². The van der Waals surface area contributed by atoms with Crippen LogP contribution in [-0.4, -0.2) is 22.7 Å². The number of carboxylic acids is 1. The van der Waals surface area contributed by atoms with Gasteiger partial charge in [-0.25, -0.2) is 14.2 Å². The molecule has 34 heavy (non-hydrogen) atoms. The zero-order valence-corrected chi connectivity index (χ0v) is 18.0. The number of carbonyl (C=O) groups is 1. The third kappa shape index (κ3) is 4.71. The van der Waals surface area contributed by atoms with Gasteiger partial charge in [-0.1, -0.05) is 31.2 Å². The summed E-state index contributed by atoms with van der Waals surface area (Å²) in [4.78, 5) is 16.0. The first kappa shape index (κ1) is 23.2. The summed E-state index contributed by atoms with van der Waals surface area (Å²) in [6.07, 6.45) is -3.75. The Hall–Kier alpha value is -3.94. The molecule has 0 aliphatic carbocycles. The van der Waals surface area contributed by atoms with Crippen molar-refractivity contribution in [3.05, 3.63) is 83.7 Å². The van der Waals surface area contributed by atoms with Crippen LogP contribution in [-0.2, 0) is 6.18 Å². The summed E-state index contributed by atoms with van der Waals surface area (Å²) in [6, 6.07) is 15.2. The molecular weight excluding hydrogens is 450 g/mol. The number of carboxylic acid groups (broad SMARTS) is 1. The summed E-state index contributed by atoms with van der Waals surface area (Å²) < 4.78 is 59.7. The first-order chi connectivity index (χ1) is 16.2. The summed E-state index contributed by atoms with van der Waals surface area (Å²) in [5.41, 5.74) is 0.142. The van der Waals surface area contributed by atoms with E-state index in [1.807, 2.05) is 6.92 Å². The Morgan fingerprint density at radius 1 is 0.971 bits per heavy atom. The Balaban J connectivity index is 1.73. The van der Waals surface area contributed by atoms with Gasteiger partial charge in [-0.2, -0.15) is 13.2 Å². The maximum atomic E-state index is 15.0. The minimum atomic E-state index is -4.62. The summed E-state index contributed by atoms with van der Waals surface area (Å²) in [5.74, 6) is -1.28. The van der Waals surface area contributed by atoms with Crippen LogP contribution >= 0.6 is 0 Å². The molecule has 0 saturated carbocycles. The van der Waals surface area contributed by atoms with Crippen molar-refractivity contribution in [1.82, 2.24) is 4.98 Å². The van der Waals surface area contributed by atoms with E-state index in [4.69, 9.17) is 4.74 Å². The Morgan fingerprint density at radius 2 is 1.68 bits per heavy atom. The Labute approximate surface area is 192 Å². The molecule has 0 bridgehead atoms. The van der Waals surface area contributed by atoms with Gasteiger partial charge in [0.2, 0.25) is 0 Å². The van der Waals surface area contributed by atoms with Gasteiger partial charge in [-0.3, -0.25) is 0 Å². The zero-order chi connectivity index (χ0) is 24.5. The van der Waals surface area contributed by atoms with Gasteiger partial charge in [0.05, 0.1) is 28.9 Å². The Morgan fingerprint density at radius 3 is 2.29 bits per heavy atom. The molecule has 0 aliphatic heterocycles. The summed E-state index contributed by atoms with van der Waals surface area (Å²) in [6.45, 7) is 2.58. The molecule has 1 aromatic heterocycles. The van der Waals surface area contributed by atoms with Crippen molar-refractivity contribution in [3.8, 4) is 28.1 Å². The Bertz CT molecular complexity index is 1370. The average molecular weight is 469 g/mol. The fourth-order valence-corrected chi connectivity index (χ4v) is 3.59. The fourth-order valence-electron chi connectivity index (χ4n) is 3.59. The average Bonchev–Trinajstić information content (AvgIpc) is 2.81. The lowest BCUT2D eigenvalue weighted by molar-refractivity contribution is -0.137. The van der Waals surface area contributed by atoms with Crippen LogP contribution < -0.4 is 4.74 Å². The minimum Gasteiger partial charge on any atom is -0.494 e. The van der Waals surface area contributed by atoms with Crippen molar-refractivity contribution in [2.24, 2.45) is 0 Å². The summed E-state index contributed by atoms with van der Waals surface area (Å²) >= 11 is 0.